The Bertz CT molecular complexity index is 704. The maximum absolute atomic E-state index is 12.3. The van der Waals surface area contributed by atoms with E-state index in [9.17, 15) is 4.79 Å². The quantitative estimate of drug-likeness (QED) is 0.816. The van der Waals surface area contributed by atoms with Gasteiger partial charge in [0.25, 0.3) is 5.91 Å². The number of carbonyl (C=O) groups excluding carboxylic acids is 1. The topological polar surface area (TPSA) is 64.3 Å². The molecule has 2 aromatic rings. The van der Waals surface area contributed by atoms with Gasteiger partial charge in [0.1, 0.15) is 10.7 Å². The van der Waals surface area contributed by atoms with Gasteiger partial charge < -0.3 is 15.8 Å². The molecular weight excluding hydrogens is 352 g/mol. The fourth-order valence-electron chi connectivity index (χ4n) is 1.80. The molecule has 1 amide bonds. The van der Waals surface area contributed by atoms with E-state index < -0.39 is 0 Å². The molecule has 0 fully saturated rings. The molecule has 0 aliphatic carbocycles. The van der Waals surface area contributed by atoms with E-state index in [1.807, 2.05) is 0 Å². The minimum absolute atomic E-state index is 0.264. The van der Waals surface area contributed by atoms with Gasteiger partial charge in [-0.15, -0.1) is 0 Å². The first-order valence-electron chi connectivity index (χ1n) is 6.06. The first kappa shape index (κ1) is 15.5. The number of nitrogens with two attached hydrogens (primary N) is 1. The van der Waals surface area contributed by atoms with Crippen molar-refractivity contribution in [1.29, 1.82) is 0 Å². The molecule has 0 atom stereocenters. The summed E-state index contributed by atoms with van der Waals surface area (Å²) in [6.07, 6.45) is 0. The van der Waals surface area contributed by atoms with E-state index in [-0.39, 0.29) is 10.9 Å². The molecule has 0 heterocycles. The number of anilines is 1. The van der Waals surface area contributed by atoms with Gasteiger partial charge in [0.05, 0.1) is 12.7 Å². The Kier molecular flexibility index (Phi) is 4.93. The van der Waals surface area contributed by atoms with Gasteiger partial charge in [-0.1, -0.05) is 40.3 Å². The van der Waals surface area contributed by atoms with Gasteiger partial charge in [-0.2, -0.15) is 0 Å². The van der Waals surface area contributed by atoms with Crippen LogP contribution < -0.4 is 15.8 Å². The van der Waals surface area contributed by atoms with Crippen LogP contribution in [0.4, 0.5) is 5.69 Å². The van der Waals surface area contributed by atoms with E-state index >= 15 is 0 Å². The molecule has 21 heavy (non-hydrogen) atoms. The molecule has 3 N–H and O–H groups in total. The molecular formula is C15H13BrN2O2S. The number of ether oxygens (including phenoxy) is 1. The standard InChI is InChI=1S/C15H13BrN2O2S/c1-20-13-8-10(16)5-6-12(13)15(19)18-11-4-2-3-9(7-11)14(17)21/h2-8H,1H3,(H2,17,21)(H,18,19). The van der Waals surface area contributed by atoms with Gasteiger partial charge in [-0.05, 0) is 30.3 Å². The Balaban J connectivity index is 2.26. The van der Waals surface area contributed by atoms with Crippen LogP contribution in [0.25, 0.3) is 0 Å². The van der Waals surface area contributed by atoms with Crippen LogP contribution in [0.3, 0.4) is 0 Å². The van der Waals surface area contributed by atoms with E-state index in [1.165, 1.54) is 7.11 Å². The second kappa shape index (κ2) is 6.69. The number of benzene rings is 2. The second-order valence-electron chi connectivity index (χ2n) is 4.24. The van der Waals surface area contributed by atoms with Crippen molar-refractivity contribution in [3.8, 4) is 5.75 Å². The number of nitrogens with one attached hydrogen (secondary N) is 1. The summed E-state index contributed by atoms with van der Waals surface area (Å²) in [6.45, 7) is 0. The van der Waals surface area contributed by atoms with E-state index in [1.54, 1.807) is 42.5 Å². The molecule has 2 rings (SSSR count). The Morgan fingerprint density at radius 3 is 2.71 bits per heavy atom. The van der Waals surface area contributed by atoms with Crippen LogP contribution in [0.2, 0.25) is 0 Å². The lowest BCUT2D eigenvalue weighted by atomic mass is 10.1. The zero-order valence-corrected chi connectivity index (χ0v) is 13.6. The van der Waals surface area contributed by atoms with E-state index in [2.05, 4.69) is 21.2 Å². The summed E-state index contributed by atoms with van der Waals surface area (Å²) in [7, 11) is 1.52. The number of methoxy groups -OCH3 is 1. The molecule has 108 valence electrons. The highest BCUT2D eigenvalue weighted by molar-refractivity contribution is 9.10. The van der Waals surface area contributed by atoms with Crippen molar-refractivity contribution in [3.05, 3.63) is 58.1 Å². The third-order valence-corrected chi connectivity index (χ3v) is 3.54. The average Bonchev–Trinajstić information content (AvgIpc) is 2.47. The molecule has 0 bridgehead atoms. The number of halogens is 1. The summed E-state index contributed by atoms with van der Waals surface area (Å²) in [4.78, 5) is 12.6. The summed E-state index contributed by atoms with van der Waals surface area (Å²) in [5, 5.41) is 2.80. The molecule has 0 spiro atoms. The SMILES string of the molecule is COc1cc(Br)ccc1C(=O)Nc1cccc(C(N)=S)c1. The average molecular weight is 365 g/mol. The minimum Gasteiger partial charge on any atom is -0.496 e. The van der Waals surface area contributed by atoms with Crippen molar-refractivity contribution in [3.63, 3.8) is 0 Å². The van der Waals surface area contributed by atoms with E-state index in [0.29, 0.717) is 22.6 Å². The Hall–Kier alpha value is -1.92. The Morgan fingerprint density at radius 2 is 2.05 bits per heavy atom. The molecule has 0 saturated heterocycles. The summed E-state index contributed by atoms with van der Waals surface area (Å²) in [6, 6.07) is 12.3. The lowest BCUT2D eigenvalue weighted by Crippen LogP contribution is -2.14. The highest BCUT2D eigenvalue weighted by atomic mass is 79.9. The van der Waals surface area contributed by atoms with Crippen LogP contribution in [0.5, 0.6) is 5.75 Å². The number of hydrogen-bond acceptors (Lipinski definition) is 3. The van der Waals surface area contributed by atoms with Crippen LogP contribution >= 0.6 is 28.1 Å². The van der Waals surface area contributed by atoms with Crippen molar-refractivity contribution in [2.75, 3.05) is 12.4 Å². The van der Waals surface area contributed by atoms with Crippen molar-refractivity contribution in [1.82, 2.24) is 0 Å². The van der Waals surface area contributed by atoms with Gasteiger partial charge in [0, 0.05) is 15.7 Å². The highest BCUT2D eigenvalue weighted by Gasteiger charge is 2.13. The second-order valence-corrected chi connectivity index (χ2v) is 5.60. The van der Waals surface area contributed by atoms with Crippen LogP contribution in [0.15, 0.2) is 46.9 Å². The molecule has 0 saturated carbocycles. The molecule has 0 aliphatic rings. The molecule has 4 nitrogen and oxygen atoms in total. The van der Waals surface area contributed by atoms with Crippen molar-refractivity contribution < 1.29 is 9.53 Å². The zero-order chi connectivity index (χ0) is 15.4. The van der Waals surface area contributed by atoms with Gasteiger partial charge in [0.2, 0.25) is 0 Å². The summed E-state index contributed by atoms with van der Waals surface area (Å²) in [5.41, 5.74) is 7.35. The minimum atomic E-state index is -0.264. The summed E-state index contributed by atoms with van der Waals surface area (Å²) < 4.78 is 6.05. The van der Waals surface area contributed by atoms with Crippen LogP contribution in [-0.2, 0) is 0 Å². The third-order valence-electron chi connectivity index (χ3n) is 2.81. The van der Waals surface area contributed by atoms with Crippen LogP contribution in [-0.4, -0.2) is 18.0 Å². The largest absolute Gasteiger partial charge is 0.496 e. The maximum atomic E-state index is 12.3. The lowest BCUT2D eigenvalue weighted by Gasteiger charge is -2.10. The molecule has 2 aromatic carbocycles. The molecule has 0 unspecified atom stereocenters. The van der Waals surface area contributed by atoms with E-state index in [0.717, 1.165) is 4.47 Å². The smallest absolute Gasteiger partial charge is 0.259 e. The first-order valence-corrected chi connectivity index (χ1v) is 7.26. The van der Waals surface area contributed by atoms with E-state index in [4.69, 9.17) is 22.7 Å². The number of amides is 1. The summed E-state index contributed by atoms with van der Waals surface area (Å²) >= 11 is 8.26. The van der Waals surface area contributed by atoms with Crippen LogP contribution in [0, 0.1) is 0 Å². The lowest BCUT2D eigenvalue weighted by molar-refractivity contribution is 0.102. The maximum Gasteiger partial charge on any atom is 0.259 e. The first-order chi connectivity index (χ1) is 10.0. The van der Waals surface area contributed by atoms with Gasteiger partial charge >= 0.3 is 0 Å². The van der Waals surface area contributed by atoms with Crippen molar-refractivity contribution in [2.45, 2.75) is 0 Å². The normalized spacial score (nSPS) is 10.0. The Morgan fingerprint density at radius 1 is 1.29 bits per heavy atom. The number of hydrogen-bond donors (Lipinski definition) is 2. The molecule has 6 heteroatoms. The van der Waals surface area contributed by atoms with Crippen LogP contribution in [0.1, 0.15) is 15.9 Å². The van der Waals surface area contributed by atoms with Crippen molar-refractivity contribution in [2.24, 2.45) is 5.73 Å². The molecule has 0 aromatic heterocycles. The monoisotopic (exact) mass is 364 g/mol. The predicted molar refractivity (Wildman–Crippen MR) is 91.0 cm³/mol. The van der Waals surface area contributed by atoms with Gasteiger partial charge in [-0.3, -0.25) is 4.79 Å². The van der Waals surface area contributed by atoms with Crippen molar-refractivity contribution >= 4 is 44.7 Å². The number of rotatable bonds is 4. The molecule has 0 aliphatic heterocycles. The van der Waals surface area contributed by atoms with Gasteiger partial charge in [-0.25, -0.2) is 0 Å². The predicted octanol–water partition coefficient (Wildman–Crippen LogP) is 3.34. The third kappa shape index (κ3) is 3.80. The highest BCUT2D eigenvalue weighted by Crippen LogP contribution is 2.24. The fraction of sp³-hybridized carbons (Fsp3) is 0.0667. The number of thiocarbonyl (C=S) groups is 1. The molecule has 0 radical (unpaired) electrons. The fourth-order valence-corrected chi connectivity index (χ4v) is 2.27. The Labute approximate surface area is 136 Å². The number of carbonyl (C=O) groups is 1. The van der Waals surface area contributed by atoms with Gasteiger partial charge in [0.15, 0.2) is 0 Å². The zero-order valence-electron chi connectivity index (χ0n) is 11.2. The summed E-state index contributed by atoms with van der Waals surface area (Å²) in [5.74, 6) is 0.229.